The van der Waals surface area contributed by atoms with Gasteiger partial charge in [0.2, 0.25) is 0 Å². The van der Waals surface area contributed by atoms with Gasteiger partial charge in [0.1, 0.15) is 0 Å². The highest BCUT2D eigenvalue weighted by atomic mass is 16.4. The van der Waals surface area contributed by atoms with E-state index in [2.05, 4.69) is 29.9 Å². The van der Waals surface area contributed by atoms with Crippen molar-refractivity contribution < 1.29 is 19.8 Å². The first-order chi connectivity index (χ1) is 14.5. The zero-order valence-electron chi connectivity index (χ0n) is 15.8. The smallest absolute Gasteiger partial charge is 0.328 e. The lowest BCUT2D eigenvalue weighted by Gasteiger charge is -2.08. The van der Waals surface area contributed by atoms with E-state index in [1.54, 1.807) is 36.7 Å². The Bertz CT molecular complexity index is 944. The zero-order valence-corrected chi connectivity index (χ0v) is 15.8. The SMILES string of the molecule is O=C(O)[C@H](Cc1cnc[nH]1)N=Cc1ccccc1C=N[C@@H](Cc1cnc[nH]1)C(=O)O. The molecule has 0 aliphatic heterocycles. The minimum atomic E-state index is -1.06. The van der Waals surface area contributed by atoms with Crippen molar-refractivity contribution in [3.63, 3.8) is 0 Å². The summed E-state index contributed by atoms with van der Waals surface area (Å²) in [6.07, 6.45) is 9.33. The molecule has 0 saturated carbocycles. The highest BCUT2D eigenvalue weighted by Crippen LogP contribution is 2.09. The Labute approximate surface area is 171 Å². The number of hydrogen-bond donors (Lipinski definition) is 4. The molecule has 4 N–H and O–H groups in total. The summed E-state index contributed by atoms with van der Waals surface area (Å²) in [5.74, 6) is -2.12. The van der Waals surface area contributed by atoms with Gasteiger partial charge in [0.05, 0.1) is 12.7 Å². The number of aliphatic carboxylic acids is 2. The first-order valence-corrected chi connectivity index (χ1v) is 9.08. The van der Waals surface area contributed by atoms with Gasteiger partial charge in [-0.15, -0.1) is 0 Å². The molecule has 0 saturated heterocycles. The molecule has 0 amide bonds. The molecule has 3 aromatic rings. The number of benzene rings is 1. The molecule has 0 spiro atoms. The summed E-state index contributed by atoms with van der Waals surface area (Å²) in [5, 5.41) is 18.9. The molecule has 0 bridgehead atoms. The Hall–Kier alpha value is -4.08. The van der Waals surface area contributed by atoms with E-state index in [-0.39, 0.29) is 12.8 Å². The molecule has 2 aromatic heterocycles. The van der Waals surface area contributed by atoms with E-state index in [4.69, 9.17) is 0 Å². The van der Waals surface area contributed by atoms with Crippen LogP contribution in [0.1, 0.15) is 22.5 Å². The predicted octanol–water partition coefficient (Wildman–Crippen LogP) is 1.36. The minimum Gasteiger partial charge on any atom is -0.480 e. The van der Waals surface area contributed by atoms with Gasteiger partial charge in [-0.05, 0) is 0 Å². The number of hydrogen-bond acceptors (Lipinski definition) is 6. The number of imidazole rings is 2. The van der Waals surface area contributed by atoms with Crippen molar-refractivity contribution in [1.29, 1.82) is 0 Å². The van der Waals surface area contributed by atoms with E-state index in [1.807, 2.05) is 0 Å². The van der Waals surface area contributed by atoms with Crippen LogP contribution in [0.3, 0.4) is 0 Å². The zero-order chi connectivity index (χ0) is 21.3. The van der Waals surface area contributed by atoms with Crippen LogP contribution in [-0.4, -0.2) is 66.6 Å². The summed E-state index contributed by atoms with van der Waals surface area (Å²) in [7, 11) is 0. The molecule has 2 atom stereocenters. The molecule has 0 radical (unpaired) electrons. The van der Waals surface area contributed by atoms with Crippen LogP contribution < -0.4 is 0 Å². The Kier molecular flexibility index (Phi) is 6.83. The Morgan fingerprint density at radius 3 is 1.63 bits per heavy atom. The van der Waals surface area contributed by atoms with Gasteiger partial charge >= 0.3 is 11.9 Å². The van der Waals surface area contributed by atoms with Gasteiger partial charge in [0.25, 0.3) is 0 Å². The average molecular weight is 408 g/mol. The van der Waals surface area contributed by atoms with Crippen LogP contribution in [0, 0.1) is 0 Å². The van der Waals surface area contributed by atoms with Gasteiger partial charge in [-0.25, -0.2) is 19.6 Å². The lowest BCUT2D eigenvalue weighted by Crippen LogP contribution is -2.21. The highest BCUT2D eigenvalue weighted by molar-refractivity contribution is 5.95. The monoisotopic (exact) mass is 408 g/mol. The lowest BCUT2D eigenvalue weighted by atomic mass is 10.1. The second-order valence-electron chi connectivity index (χ2n) is 6.46. The number of nitrogens with one attached hydrogen (secondary N) is 2. The van der Waals surface area contributed by atoms with Gasteiger partial charge < -0.3 is 20.2 Å². The van der Waals surface area contributed by atoms with Gasteiger partial charge in [-0.2, -0.15) is 0 Å². The number of carbonyl (C=O) groups is 2. The van der Waals surface area contributed by atoms with E-state index in [1.165, 1.54) is 25.1 Å². The van der Waals surface area contributed by atoms with Crippen LogP contribution in [0.25, 0.3) is 0 Å². The second-order valence-corrected chi connectivity index (χ2v) is 6.46. The predicted molar refractivity (Wildman–Crippen MR) is 109 cm³/mol. The maximum Gasteiger partial charge on any atom is 0.328 e. The van der Waals surface area contributed by atoms with E-state index in [0.717, 1.165) is 0 Å². The van der Waals surface area contributed by atoms with Crippen molar-refractivity contribution in [2.75, 3.05) is 0 Å². The van der Waals surface area contributed by atoms with Crippen LogP contribution in [0.2, 0.25) is 0 Å². The largest absolute Gasteiger partial charge is 0.480 e. The number of aromatic amines is 2. The highest BCUT2D eigenvalue weighted by Gasteiger charge is 2.18. The van der Waals surface area contributed by atoms with Crippen molar-refractivity contribution >= 4 is 24.4 Å². The number of H-pyrrole nitrogens is 2. The molecule has 10 nitrogen and oxygen atoms in total. The number of nitrogens with zero attached hydrogens (tertiary/aromatic N) is 4. The molecule has 10 heteroatoms. The van der Waals surface area contributed by atoms with Gasteiger partial charge in [0.15, 0.2) is 12.1 Å². The maximum absolute atomic E-state index is 11.5. The van der Waals surface area contributed by atoms with Gasteiger partial charge in [0, 0.05) is 60.2 Å². The summed E-state index contributed by atoms with van der Waals surface area (Å²) in [6, 6.07) is 5.10. The van der Waals surface area contributed by atoms with Crippen LogP contribution in [0.15, 0.2) is 59.3 Å². The van der Waals surface area contributed by atoms with E-state index in [0.29, 0.717) is 22.5 Å². The maximum atomic E-state index is 11.5. The lowest BCUT2D eigenvalue weighted by molar-refractivity contribution is -0.139. The fourth-order valence-corrected chi connectivity index (χ4v) is 2.70. The Morgan fingerprint density at radius 1 is 0.867 bits per heavy atom. The molecule has 154 valence electrons. The molecule has 0 unspecified atom stereocenters. The summed E-state index contributed by atoms with van der Waals surface area (Å²) >= 11 is 0. The number of carboxylic acids is 2. The molecular weight excluding hydrogens is 388 g/mol. The molecule has 0 aliphatic rings. The van der Waals surface area contributed by atoms with Crippen LogP contribution in [0.5, 0.6) is 0 Å². The van der Waals surface area contributed by atoms with Crippen molar-refractivity contribution in [3.05, 3.63) is 71.8 Å². The minimum absolute atomic E-state index is 0.174. The normalized spacial score (nSPS) is 13.6. The number of rotatable bonds is 10. The van der Waals surface area contributed by atoms with Gasteiger partial charge in [-0.1, -0.05) is 24.3 Å². The first-order valence-electron chi connectivity index (χ1n) is 9.08. The standard InChI is InChI=1S/C20H20N6O4/c27-19(28)17(5-15-9-21-11-25-15)23-7-13-3-1-2-4-14(13)8-24-18(20(29)30)6-16-10-22-12-26-16/h1-4,7-12,17-18H,5-6H2,(H,21,25)(H,22,26)(H,27,28)(H,29,30)/t17-,18-/m0/s1. The van der Waals surface area contributed by atoms with Crippen LogP contribution >= 0.6 is 0 Å². The Balaban J connectivity index is 1.77. The molecule has 0 aliphatic carbocycles. The number of aromatic nitrogens is 4. The molecule has 2 heterocycles. The summed E-state index contributed by atoms with van der Waals surface area (Å²) in [4.78, 5) is 44.9. The van der Waals surface area contributed by atoms with Crippen LogP contribution in [0.4, 0.5) is 0 Å². The molecule has 3 rings (SSSR count). The van der Waals surface area contributed by atoms with Crippen molar-refractivity contribution in [2.45, 2.75) is 24.9 Å². The quantitative estimate of drug-likeness (QED) is 0.371. The van der Waals surface area contributed by atoms with Crippen molar-refractivity contribution in [3.8, 4) is 0 Å². The first kappa shape index (κ1) is 20.6. The third-order valence-corrected chi connectivity index (χ3v) is 4.29. The van der Waals surface area contributed by atoms with E-state index in [9.17, 15) is 19.8 Å². The second kappa shape index (κ2) is 9.92. The van der Waals surface area contributed by atoms with Crippen LogP contribution in [-0.2, 0) is 22.4 Å². The van der Waals surface area contributed by atoms with Crippen molar-refractivity contribution in [2.24, 2.45) is 9.98 Å². The molecule has 0 fully saturated rings. The summed E-state index contributed by atoms with van der Waals surface area (Å²) in [5.41, 5.74) is 2.58. The fraction of sp³-hybridized carbons (Fsp3) is 0.200. The summed E-state index contributed by atoms with van der Waals surface area (Å²) < 4.78 is 0. The third kappa shape index (κ3) is 5.71. The topological polar surface area (TPSA) is 157 Å². The summed E-state index contributed by atoms with van der Waals surface area (Å²) in [6.45, 7) is 0. The van der Waals surface area contributed by atoms with Gasteiger partial charge in [-0.3, -0.25) is 9.98 Å². The fourth-order valence-electron chi connectivity index (χ4n) is 2.70. The molecule has 30 heavy (non-hydrogen) atoms. The van der Waals surface area contributed by atoms with E-state index >= 15 is 0 Å². The molecular formula is C20H20N6O4. The van der Waals surface area contributed by atoms with Crippen molar-refractivity contribution in [1.82, 2.24) is 19.9 Å². The number of aliphatic imine (C=N–C) groups is 2. The average Bonchev–Trinajstić information content (AvgIpc) is 3.42. The third-order valence-electron chi connectivity index (χ3n) is 4.29. The number of carboxylic acid groups (broad SMARTS) is 2. The Morgan fingerprint density at radius 2 is 1.30 bits per heavy atom. The van der Waals surface area contributed by atoms with E-state index < -0.39 is 24.0 Å². The molecule has 1 aromatic carbocycles.